The molecule has 0 aromatic heterocycles. The Balaban J connectivity index is 0.00000180. The molecule has 3 N–H and O–H groups in total. The Labute approximate surface area is 121 Å². The fourth-order valence-electron chi connectivity index (χ4n) is 1.86. The van der Waals surface area contributed by atoms with Gasteiger partial charge in [0.25, 0.3) is 0 Å². The molecule has 0 heterocycles. The fourth-order valence-corrected chi connectivity index (χ4v) is 3.02. The molecule has 4 nitrogen and oxygen atoms in total. The molecule has 2 rings (SSSR count). The number of halogens is 1. The van der Waals surface area contributed by atoms with Crippen molar-refractivity contribution in [3.63, 3.8) is 0 Å². The van der Waals surface area contributed by atoms with Crippen LogP contribution < -0.4 is 10.5 Å². The van der Waals surface area contributed by atoms with Gasteiger partial charge in [-0.25, -0.2) is 13.1 Å². The van der Waals surface area contributed by atoms with E-state index < -0.39 is 10.0 Å². The summed E-state index contributed by atoms with van der Waals surface area (Å²) in [7, 11) is -3.43. The van der Waals surface area contributed by atoms with Gasteiger partial charge in [0.15, 0.2) is 0 Å². The first kappa shape index (κ1) is 16.4. The van der Waals surface area contributed by atoms with Crippen molar-refractivity contribution in [1.82, 2.24) is 4.72 Å². The summed E-state index contributed by atoms with van der Waals surface area (Å²) in [6.45, 7) is 4.19. The largest absolute Gasteiger partial charge is 0.326 e. The third kappa shape index (κ3) is 4.18. The molecular formula is C13H21ClN2O2S. The SMILES string of the molecule is Cc1ccc(S(=O)(=O)NCC(N)C2CC2)cc1C.Cl. The van der Waals surface area contributed by atoms with Gasteiger partial charge in [-0.2, -0.15) is 0 Å². The van der Waals surface area contributed by atoms with E-state index in [2.05, 4.69) is 4.72 Å². The molecule has 1 aromatic carbocycles. The highest BCUT2D eigenvalue weighted by Crippen LogP contribution is 2.31. The lowest BCUT2D eigenvalue weighted by atomic mass is 10.1. The van der Waals surface area contributed by atoms with Gasteiger partial charge < -0.3 is 5.73 Å². The molecule has 0 amide bonds. The summed E-state index contributed by atoms with van der Waals surface area (Å²) in [6.07, 6.45) is 2.24. The Morgan fingerprint density at radius 1 is 1.32 bits per heavy atom. The van der Waals surface area contributed by atoms with Gasteiger partial charge in [-0.05, 0) is 55.9 Å². The predicted octanol–water partition coefficient (Wildman–Crippen LogP) is 1.74. The highest BCUT2D eigenvalue weighted by atomic mass is 35.5. The molecule has 0 aliphatic heterocycles. The van der Waals surface area contributed by atoms with E-state index in [0.29, 0.717) is 17.4 Å². The van der Waals surface area contributed by atoms with E-state index in [1.54, 1.807) is 12.1 Å². The van der Waals surface area contributed by atoms with Crippen LogP contribution in [0.5, 0.6) is 0 Å². The Hall–Kier alpha value is -0.620. The minimum Gasteiger partial charge on any atom is -0.326 e. The van der Waals surface area contributed by atoms with E-state index in [9.17, 15) is 8.42 Å². The zero-order chi connectivity index (χ0) is 13.3. The average Bonchev–Trinajstić information content (AvgIpc) is 3.13. The van der Waals surface area contributed by atoms with Crippen LogP contribution in [0.15, 0.2) is 23.1 Å². The highest BCUT2D eigenvalue weighted by molar-refractivity contribution is 7.89. The molecule has 0 radical (unpaired) electrons. The van der Waals surface area contributed by atoms with Crippen molar-refractivity contribution in [2.75, 3.05) is 6.54 Å². The van der Waals surface area contributed by atoms with Gasteiger partial charge in [0.2, 0.25) is 10.0 Å². The summed E-state index contributed by atoms with van der Waals surface area (Å²) in [5, 5.41) is 0. The van der Waals surface area contributed by atoms with Crippen LogP contribution in [-0.2, 0) is 10.0 Å². The van der Waals surface area contributed by atoms with Gasteiger partial charge in [-0.3, -0.25) is 0 Å². The number of benzene rings is 1. The number of aryl methyl sites for hydroxylation is 2. The van der Waals surface area contributed by atoms with Crippen molar-refractivity contribution in [3.05, 3.63) is 29.3 Å². The van der Waals surface area contributed by atoms with Crippen molar-refractivity contribution >= 4 is 22.4 Å². The lowest BCUT2D eigenvalue weighted by Crippen LogP contribution is -2.38. The maximum absolute atomic E-state index is 12.1. The van der Waals surface area contributed by atoms with Crippen LogP contribution >= 0.6 is 12.4 Å². The quantitative estimate of drug-likeness (QED) is 0.870. The zero-order valence-corrected chi connectivity index (χ0v) is 12.9. The predicted molar refractivity (Wildman–Crippen MR) is 79.1 cm³/mol. The molecule has 1 unspecified atom stereocenters. The third-order valence-electron chi connectivity index (χ3n) is 3.53. The molecule has 1 aliphatic carbocycles. The fraction of sp³-hybridized carbons (Fsp3) is 0.538. The van der Waals surface area contributed by atoms with Gasteiger partial charge in [-0.1, -0.05) is 6.07 Å². The summed E-state index contributed by atoms with van der Waals surface area (Å²) in [5.41, 5.74) is 7.95. The minimum absolute atomic E-state index is 0. The van der Waals surface area contributed by atoms with E-state index >= 15 is 0 Å². The maximum atomic E-state index is 12.1. The molecular weight excluding hydrogens is 284 g/mol. The van der Waals surface area contributed by atoms with Crippen molar-refractivity contribution in [1.29, 1.82) is 0 Å². The van der Waals surface area contributed by atoms with Gasteiger partial charge in [0, 0.05) is 12.6 Å². The van der Waals surface area contributed by atoms with E-state index in [1.807, 2.05) is 19.9 Å². The standard InChI is InChI=1S/C13H20N2O2S.ClH/c1-9-3-6-12(7-10(9)2)18(16,17)15-8-13(14)11-4-5-11;/h3,6-7,11,13,15H,4-5,8,14H2,1-2H3;1H. The number of hydrogen-bond acceptors (Lipinski definition) is 3. The van der Waals surface area contributed by atoms with Crippen LogP contribution in [-0.4, -0.2) is 21.0 Å². The lowest BCUT2D eigenvalue weighted by molar-refractivity contribution is 0.547. The first-order valence-electron chi connectivity index (χ1n) is 6.22. The third-order valence-corrected chi connectivity index (χ3v) is 4.95. The first-order chi connectivity index (χ1) is 8.40. The van der Waals surface area contributed by atoms with E-state index in [-0.39, 0.29) is 18.4 Å². The number of sulfonamides is 1. The summed E-state index contributed by atoms with van der Waals surface area (Å²) < 4.78 is 26.7. The van der Waals surface area contributed by atoms with Gasteiger partial charge >= 0.3 is 0 Å². The van der Waals surface area contributed by atoms with Crippen LogP contribution in [0.3, 0.4) is 0 Å². The second-order valence-corrected chi connectivity index (χ2v) is 6.87. The van der Waals surface area contributed by atoms with Crippen molar-refractivity contribution < 1.29 is 8.42 Å². The molecule has 1 aliphatic rings. The monoisotopic (exact) mass is 304 g/mol. The number of rotatable bonds is 5. The molecule has 0 bridgehead atoms. The smallest absolute Gasteiger partial charge is 0.240 e. The normalized spacial score (nSPS) is 16.8. The summed E-state index contributed by atoms with van der Waals surface area (Å²) in [4.78, 5) is 0.314. The Kier molecular flexibility index (Phi) is 5.38. The number of hydrogen-bond donors (Lipinski definition) is 2. The summed E-state index contributed by atoms with van der Waals surface area (Å²) in [5.74, 6) is 0.493. The van der Waals surface area contributed by atoms with Gasteiger partial charge in [-0.15, -0.1) is 12.4 Å². The minimum atomic E-state index is -3.43. The van der Waals surface area contributed by atoms with Crippen molar-refractivity contribution in [2.45, 2.75) is 37.6 Å². The molecule has 0 saturated heterocycles. The maximum Gasteiger partial charge on any atom is 0.240 e. The van der Waals surface area contributed by atoms with Crippen LogP contribution in [0.25, 0.3) is 0 Å². The van der Waals surface area contributed by atoms with Gasteiger partial charge in [0.1, 0.15) is 0 Å². The van der Waals surface area contributed by atoms with E-state index in [4.69, 9.17) is 5.73 Å². The number of nitrogens with two attached hydrogens (primary N) is 1. The topological polar surface area (TPSA) is 72.2 Å². The van der Waals surface area contributed by atoms with Gasteiger partial charge in [0.05, 0.1) is 4.90 Å². The Bertz CT molecular complexity index is 542. The Morgan fingerprint density at radius 3 is 2.47 bits per heavy atom. The molecule has 1 aromatic rings. The van der Waals surface area contributed by atoms with Crippen molar-refractivity contribution in [2.24, 2.45) is 11.7 Å². The molecule has 0 spiro atoms. The molecule has 1 fully saturated rings. The van der Waals surface area contributed by atoms with Crippen LogP contribution in [0.1, 0.15) is 24.0 Å². The van der Waals surface area contributed by atoms with E-state index in [1.165, 1.54) is 0 Å². The second kappa shape index (κ2) is 6.22. The second-order valence-electron chi connectivity index (χ2n) is 5.10. The van der Waals surface area contributed by atoms with Crippen LogP contribution in [0.2, 0.25) is 0 Å². The Morgan fingerprint density at radius 2 is 1.95 bits per heavy atom. The molecule has 6 heteroatoms. The van der Waals surface area contributed by atoms with Crippen LogP contribution in [0, 0.1) is 19.8 Å². The molecule has 19 heavy (non-hydrogen) atoms. The summed E-state index contributed by atoms with van der Waals surface area (Å²) >= 11 is 0. The zero-order valence-electron chi connectivity index (χ0n) is 11.2. The molecule has 108 valence electrons. The van der Waals surface area contributed by atoms with E-state index in [0.717, 1.165) is 24.0 Å². The molecule has 1 saturated carbocycles. The van der Waals surface area contributed by atoms with Crippen molar-refractivity contribution in [3.8, 4) is 0 Å². The highest BCUT2D eigenvalue weighted by Gasteiger charge is 2.29. The summed E-state index contributed by atoms with van der Waals surface area (Å²) in [6, 6.07) is 5.09. The van der Waals surface area contributed by atoms with Crippen LogP contribution in [0.4, 0.5) is 0 Å². The number of nitrogens with one attached hydrogen (secondary N) is 1. The molecule has 1 atom stereocenters. The average molecular weight is 305 g/mol. The first-order valence-corrected chi connectivity index (χ1v) is 7.71. The lowest BCUT2D eigenvalue weighted by Gasteiger charge is -2.12.